The zero-order valence-electron chi connectivity index (χ0n) is 18.4. The van der Waals surface area contributed by atoms with E-state index in [9.17, 15) is 4.79 Å². The van der Waals surface area contributed by atoms with E-state index in [4.69, 9.17) is 9.47 Å². The fraction of sp³-hybridized carbons (Fsp3) is 0.500. The monoisotopic (exact) mass is 437 g/mol. The Hall–Kier alpha value is -3.00. The van der Waals surface area contributed by atoms with E-state index in [1.165, 1.54) is 11.3 Å². The van der Waals surface area contributed by atoms with Crippen molar-refractivity contribution < 1.29 is 14.3 Å². The number of carbonyl (C=O) groups excluding carboxylic acids is 1. The Morgan fingerprint density at radius 3 is 2.88 bits per heavy atom. The number of anilines is 2. The van der Waals surface area contributed by atoms with Crippen LogP contribution in [-0.2, 0) is 13.0 Å². The van der Waals surface area contributed by atoms with Gasteiger partial charge in [-0.1, -0.05) is 12.1 Å². The molecule has 5 rings (SSSR count). The summed E-state index contributed by atoms with van der Waals surface area (Å²) in [6.07, 6.45) is 4.31. The van der Waals surface area contributed by atoms with Gasteiger partial charge in [0.1, 0.15) is 11.6 Å². The van der Waals surface area contributed by atoms with E-state index >= 15 is 0 Å². The SMILES string of the molecule is O=C1NCc2ccc(OCCCCN3CCN(c4cccc5c4OCCC5)CC3)nc2N1. The Morgan fingerprint density at radius 1 is 1.06 bits per heavy atom. The van der Waals surface area contributed by atoms with Crippen molar-refractivity contribution >= 4 is 17.5 Å². The third-order valence-corrected chi connectivity index (χ3v) is 6.37. The second-order valence-electron chi connectivity index (χ2n) is 8.57. The van der Waals surface area contributed by atoms with Crippen LogP contribution in [0, 0.1) is 0 Å². The lowest BCUT2D eigenvalue weighted by Gasteiger charge is -2.37. The van der Waals surface area contributed by atoms with Gasteiger partial charge in [-0.25, -0.2) is 4.79 Å². The molecule has 0 spiro atoms. The average Bonchev–Trinajstić information content (AvgIpc) is 2.83. The van der Waals surface area contributed by atoms with Crippen molar-refractivity contribution in [3.8, 4) is 11.6 Å². The van der Waals surface area contributed by atoms with E-state index in [1.54, 1.807) is 0 Å². The van der Waals surface area contributed by atoms with Crippen LogP contribution in [0.4, 0.5) is 16.3 Å². The van der Waals surface area contributed by atoms with E-state index in [2.05, 4.69) is 43.6 Å². The van der Waals surface area contributed by atoms with E-state index in [-0.39, 0.29) is 6.03 Å². The number of para-hydroxylation sites is 1. The Kier molecular flexibility index (Phi) is 6.29. The van der Waals surface area contributed by atoms with Gasteiger partial charge in [0.25, 0.3) is 0 Å². The number of hydrogen-bond acceptors (Lipinski definition) is 6. The van der Waals surface area contributed by atoms with Gasteiger partial charge in [-0.15, -0.1) is 0 Å². The highest BCUT2D eigenvalue weighted by Gasteiger charge is 2.22. The molecule has 2 N–H and O–H groups in total. The van der Waals surface area contributed by atoms with Crippen LogP contribution in [-0.4, -0.2) is 61.9 Å². The molecule has 3 aliphatic rings. The first kappa shape index (κ1) is 20.9. The molecule has 1 aromatic heterocycles. The highest BCUT2D eigenvalue weighted by atomic mass is 16.5. The number of nitrogens with zero attached hydrogens (tertiary/aromatic N) is 3. The Balaban J connectivity index is 1.03. The van der Waals surface area contributed by atoms with Gasteiger partial charge in [0.05, 0.1) is 18.9 Å². The maximum absolute atomic E-state index is 11.4. The van der Waals surface area contributed by atoms with Crippen molar-refractivity contribution in [2.45, 2.75) is 32.2 Å². The van der Waals surface area contributed by atoms with Crippen LogP contribution < -0.4 is 25.0 Å². The minimum absolute atomic E-state index is 0.220. The number of hydrogen-bond donors (Lipinski definition) is 2. The number of aryl methyl sites for hydroxylation is 1. The van der Waals surface area contributed by atoms with Crippen molar-refractivity contribution in [2.75, 3.05) is 56.2 Å². The molecule has 4 heterocycles. The number of nitrogens with one attached hydrogen (secondary N) is 2. The number of fused-ring (bicyclic) bond motifs is 2. The van der Waals surface area contributed by atoms with Gasteiger partial charge in [-0.05, 0) is 49.9 Å². The second-order valence-corrected chi connectivity index (χ2v) is 8.57. The molecule has 3 aliphatic heterocycles. The number of piperazine rings is 1. The predicted molar refractivity (Wildman–Crippen MR) is 124 cm³/mol. The van der Waals surface area contributed by atoms with Gasteiger partial charge in [-0.3, -0.25) is 10.2 Å². The van der Waals surface area contributed by atoms with Crippen molar-refractivity contribution in [1.82, 2.24) is 15.2 Å². The number of amides is 2. The van der Waals surface area contributed by atoms with Crippen LogP contribution in [0.1, 0.15) is 30.4 Å². The van der Waals surface area contributed by atoms with E-state index in [1.807, 2.05) is 12.1 Å². The molecule has 8 heteroatoms. The second kappa shape index (κ2) is 9.65. The maximum atomic E-state index is 11.4. The van der Waals surface area contributed by atoms with E-state index in [0.29, 0.717) is 24.8 Å². The Morgan fingerprint density at radius 2 is 1.97 bits per heavy atom. The number of carbonyl (C=O) groups is 1. The Bertz CT molecular complexity index is 959. The van der Waals surface area contributed by atoms with Gasteiger partial charge >= 0.3 is 6.03 Å². The molecule has 0 radical (unpaired) electrons. The predicted octanol–water partition coefficient (Wildman–Crippen LogP) is 3.02. The fourth-order valence-electron chi connectivity index (χ4n) is 4.58. The summed E-state index contributed by atoms with van der Waals surface area (Å²) in [5.41, 5.74) is 3.59. The summed E-state index contributed by atoms with van der Waals surface area (Å²) in [5, 5.41) is 5.45. The summed E-state index contributed by atoms with van der Waals surface area (Å²) in [6.45, 7) is 7.27. The van der Waals surface area contributed by atoms with Crippen LogP contribution in [0.3, 0.4) is 0 Å². The minimum atomic E-state index is -0.220. The number of pyridine rings is 1. The highest BCUT2D eigenvalue weighted by Crippen LogP contribution is 2.35. The van der Waals surface area contributed by atoms with Crippen molar-refractivity contribution in [3.05, 3.63) is 41.5 Å². The van der Waals surface area contributed by atoms with Crippen molar-refractivity contribution in [2.24, 2.45) is 0 Å². The van der Waals surface area contributed by atoms with Crippen LogP contribution >= 0.6 is 0 Å². The molecule has 0 atom stereocenters. The number of rotatable bonds is 7. The third-order valence-electron chi connectivity index (χ3n) is 6.37. The van der Waals surface area contributed by atoms with Gasteiger partial charge in [0, 0.05) is 44.4 Å². The number of urea groups is 1. The molecule has 8 nitrogen and oxygen atoms in total. The molecular formula is C24H31N5O3. The van der Waals surface area contributed by atoms with Crippen molar-refractivity contribution in [1.29, 1.82) is 0 Å². The first-order valence-corrected chi connectivity index (χ1v) is 11.7. The number of aromatic nitrogens is 1. The van der Waals surface area contributed by atoms with Crippen LogP contribution in [0.5, 0.6) is 11.6 Å². The molecular weight excluding hydrogens is 406 g/mol. The van der Waals surface area contributed by atoms with Gasteiger partial charge in [0.2, 0.25) is 5.88 Å². The topological polar surface area (TPSA) is 79.0 Å². The smallest absolute Gasteiger partial charge is 0.320 e. The summed E-state index contributed by atoms with van der Waals surface area (Å²) in [5.74, 6) is 2.26. The van der Waals surface area contributed by atoms with Crippen LogP contribution in [0.2, 0.25) is 0 Å². The molecule has 0 unspecified atom stereocenters. The quantitative estimate of drug-likeness (QED) is 0.649. The first-order valence-electron chi connectivity index (χ1n) is 11.7. The summed E-state index contributed by atoms with van der Waals surface area (Å²) in [6, 6.07) is 10.2. The fourth-order valence-corrected chi connectivity index (χ4v) is 4.58. The zero-order valence-corrected chi connectivity index (χ0v) is 18.4. The standard InChI is InChI=1S/C24H31N5O3/c30-24-25-17-19-8-9-21(26-23(19)27-24)31-15-2-1-10-28-11-13-29(14-12-28)20-7-3-5-18-6-4-16-32-22(18)20/h3,5,7-9H,1-2,4,6,10-17H2,(H2,25,26,27,30). The summed E-state index contributed by atoms with van der Waals surface area (Å²) in [7, 11) is 0. The lowest BCUT2D eigenvalue weighted by Crippen LogP contribution is -2.46. The number of ether oxygens (including phenoxy) is 2. The first-order chi connectivity index (χ1) is 15.8. The van der Waals surface area contributed by atoms with Crippen LogP contribution in [0.15, 0.2) is 30.3 Å². The normalized spacial score (nSPS) is 18.1. The molecule has 170 valence electrons. The zero-order chi connectivity index (χ0) is 21.8. The Labute approximate surface area is 188 Å². The molecule has 1 saturated heterocycles. The maximum Gasteiger partial charge on any atom is 0.320 e. The molecule has 0 bridgehead atoms. The van der Waals surface area contributed by atoms with Gasteiger partial charge in [-0.2, -0.15) is 4.98 Å². The van der Waals surface area contributed by atoms with E-state index < -0.39 is 0 Å². The highest BCUT2D eigenvalue weighted by molar-refractivity contribution is 5.91. The van der Waals surface area contributed by atoms with Crippen LogP contribution in [0.25, 0.3) is 0 Å². The molecule has 1 aromatic carbocycles. The summed E-state index contributed by atoms with van der Waals surface area (Å²) < 4.78 is 11.8. The summed E-state index contributed by atoms with van der Waals surface area (Å²) in [4.78, 5) is 20.8. The third kappa shape index (κ3) is 4.75. The minimum Gasteiger partial charge on any atom is -0.491 e. The van der Waals surface area contributed by atoms with Gasteiger partial charge < -0.3 is 19.7 Å². The largest absolute Gasteiger partial charge is 0.491 e. The summed E-state index contributed by atoms with van der Waals surface area (Å²) >= 11 is 0. The number of benzene rings is 1. The lowest BCUT2D eigenvalue weighted by atomic mass is 10.0. The molecule has 32 heavy (non-hydrogen) atoms. The molecule has 0 saturated carbocycles. The van der Waals surface area contributed by atoms with Gasteiger partial charge in [0.15, 0.2) is 0 Å². The number of unbranched alkanes of at least 4 members (excludes halogenated alkanes) is 1. The lowest BCUT2D eigenvalue weighted by molar-refractivity contribution is 0.235. The molecule has 2 amide bonds. The molecule has 0 aliphatic carbocycles. The molecule has 2 aromatic rings. The van der Waals surface area contributed by atoms with Crippen molar-refractivity contribution in [3.63, 3.8) is 0 Å². The molecule has 1 fully saturated rings. The average molecular weight is 438 g/mol. The van der Waals surface area contributed by atoms with E-state index in [0.717, 1.165) is 76.3 Å².